The Morgan fingerprint density at radius 2 is 1.88 bits per heavy atom. The molecular formula is C22H18F3N3O5. The SMILES string of the molecule is COc1cc2c(cc1OC)-c1nc(N)c(C#N)c(-c3ccco3)c1CC2.O=C(O)C(F)(F)F. The minimum atomic E-state index is -5.08. The maximum absolute atomic E-state index is 10.6. The molecule has 3 aromatic rings. The van der Waals surface area contributed by atoms with Crippen LogP contribution >= 0.6 is 0 Å². The lowest BCUT2D eigenvalue weighted by Gasteiger charge is -2.24. The Labute approximate surface area is 186 Å². The maximum atomic E-state index is 10.6. The highest BCUT2D eigenvalue weighted by Gasteiger charge is 2.38. The Balaban J connectivity index is 0.000000383. The van der Waals surface area contributed by atoms with Gasteiger partial charge in [-0.1, -0.05) is 0 Å². The molecule has 2 aromatic heterocycles. The van der Waals surface area contributed by atoms with Crippen molar-refractivity contribution in [2.24, 2.45) is 0 Å². The summed E-state index contributed by atoms with van der Waals surface area (Å²) in [6.07, 6.45) is -1.97. The average Bonchev–Trinajstić information content (AvgIpc) is 3.31. The van der Waals surface area contributed by atoms with E-state index in [4.69, 9.17) is 29.5 Å². The van der Waals surface area contributed by atoms with Crippen LogP contribution in [-0.2, 0) is 17.6 Å². The number of nitrogens with two attached hydrogens (primary N) is 1. The number of nitrogen functional groups attached to an aromatic ring is 1. The van der Waals surface area contributed by atoms with Gasteiger partial charge in [0.15, 0.2) is 11.5 Å². The van der Waals surface area contributed by atoms with Gasteiger partial charge in [-0.3, -0.25) is 0 Å². The van der Waals surface area contributed by atoms with E-state index in [1.54, 1.807) is 26.5 Å². The van der Waals surface area contributed by atoms with E-state index in [9.17, 15) is 18.4 Å². The van der Waals surface area contributed by atoms with E-state index >= 15 is 0 Å². The van der Waals surface area contributed by atoms with Gasteiger partial charge in [-0.15, -0.1) is 0 Å². The van der Waals surface area contributed by atoms with E-state index in [2.05, 4.69) is 11.1 Å². The second-order valence-electron chi connectivity index (χ2n) is 6.83. The molecule has 0 saturated carbocycles. The zero-order valence-corrected chi connectivity index (χ0v) is 17.5. The molecule has 1 aliphatic carbocycles. The molecule has 172 valence electrons. The molecule has 0 spiro atoms. The highest BCUT2D eigenvalue weighted by Crippen LogP contribution is 2.44. The van der Waals surface area contributed by atoms with Crippen LogP contribution in [-0.4, -0.2) is 36.5 Å². The van der Waals surface area contributed by atoms with E-state index < -0.39 is 12.1 Å². The summed E-state index contributed by atoms with van der Waals surface area (Å²) >= 11 is 0. The van der Waals surface area contributed by atoms with Crippen LogP contribution in [0.1, 0.15) is 16.7 Å². The van der Waals surface area contributed by atoms with Crippen molar-refractivity contribution >= 4 is 11.8 Å². The number of aliphatic carboxylic acids is 1. The largest absolute Gasteiger partial charge is 0.493 e. The number of nitrogens with zero attached hydrogens (tertiary/aromatic N) is 2. The number of aryl methyl sites for hydroxylation is 1. The molecule has 0 saturated heterocycles. The number of fused-ring (bicyclic) bond motifs is 3. The Morgan fingerprint density at radius 1 is 1.24 bits per heavy atom. The third-order valence-electron chi connectivity index (χ3n) is 4.96. The molecule has 1 aliphatic rings. The molecule has 0 bridgehead atoms. The smallest absolute Gasteiger partial charge is 0.490 e. The number of pyridine rings is 1. The first-order valence-corrected chi connectivity index (χ1v) is 9.44. The van der Waals surface area contributed by atoms with Crippen LogP contribution < -0.4 is 15.2 Å². The van der Waals surface area contributed by atoms with Gasteiger partial charge in [0.25, 0.3) is 0 Å². The van der Waals surface area contributed by atoms with Gasteiger partial charge >= 0.3 is 12.1 Å². The van der Waals surface area contributed by atoms with Gasteiger partial charge in [0.2, 0.25) is 0 Å². The number of ether oxygens (including phenoxy) is 2. The van der Waals surface area contributed by atoms with E-state index in [0.717, 1.165) is 40.8 Å². The number of aromatic nitrogens is 1. The molecule has 0 amide bonds. The van der Waals surface area contributed by atoms with Gasteiger partial charge in [-0.25, -0.2) is 9.78 Å². The van der Waals surface area contributed by atoms with Crippen LogP contribution in [0, 0.1) is 11.3 Å². The molecule has 11 heteroatoms. The van der Waals surface area contributed by atoms with Gasteiger partial charge in [0.1, 0.15) is 23.2 Å². The Bertz CT molecular complexity index is 1230. The van der Waals surface area contributed by atoms with Crippen LogP contribution in [0.5, 0.6) is 11.5 Å². The molecule has 33 heavy (non-hydrogen) atoms. The maximum Gasteiger partial charge on any atom is 0.490 e. The van der Waals surface area contributed by atoms with Gasteiger partial charge in [-0.2, -0.15) is 18.4 Å². The second kappa shape index (κ2) is 9.12. The fourth-order valence-corrected chi connectivity index (χ4v) is 3.52. The number of nitriles is 1. The minimum absolute atomic E-state index is 0.195. The van der Waals surface area contributed by atoms with Gasteiger partial charge in [-0.05, 0) is 48.2 Å². The number of benzene rings is 1. The number of rotatable bonds is 3. The lowest BCUT2D eigenvalue weighted by atomic mass is 9.84. The highest BCUT2D eigenvalue weighted by atomic mass is 19.4. The molecule has 2 heterocycles. The summed E-state index contributed by atoms with van der Waals surface area (Å²) < 4.78 is 48.2. The first-order valence-electron chi connectivity index (χ1n) is 9.44. The standard InChI is InChI=1S/C20H17N3O3.C2HF3O2/c1-24-16-8-11-5-6-12-18(15-4-3-7-26-15)14(10-21)20(22)23-19(12)13(11)9-17(16)25-2;3-2(4,5)1(6)7/h3-4,7-9H,5-6H2,1-2H3,(H2,22,23);(H,6,7). The number of alkyl halides is 3. The number of furan rings is 1. The highest BCUT2D eigenvalue weighted by molar-refractivity contribution is 5.85. The number of carboxylic acids is 1. The number of hydrogen-bond acceptors (Lipinski definition) is 7. The van der Waals surface area contributed by atoms with E-state index in [0.29, 0.717) is 22.8 Å². The first kappa shape index (κ1) is 23.5. The third kappa shape index (κ3) is 4.55. The minimum Gasteiger partial charge on any atom is -0.493 e. The van der Waals surface area contributed by atoms with Crippen molar-refractivity contribution in [2.75, 3.05) is 20.0 Å². The van der Waals surface area contributed by atoms with Crippen molar-refractivity contribution in [1.82, 2.24) is 4.98 Å². The molecule has 1 aromatic carbocycles. The predicted octanol–water partition coefficient (Wildman–Crippen LogP) is 4.21. The number of anilines is 1. The van der Waals surface area contributed by atoms with Gasteiger partial charge < -0.3 is 24.7 Å². The van der Waals surface area contributed by atoms with Crippen LogP contribution in [0.4, 0.5) is 19.0 Å². The van der Waals surface area contributed by atoms with Crippen LogP contribution in [0.3, 0.4) is 0 Å². The monoisotopic (exact) mass is 461 g/mol. The van der Waals surface area contributed by atoms with Crippen molar-refractivity contribution in [1.29, 1.82) is 5.26 Å². The lowest BCUT2D eigenvalue weighted by molar-refractivity contribution is -0.192. The number of hydrogen-bond donors (Lipinski definition) is 2. The van der Waals surface area contributed by atoms with Gasteiger partial charge in [0, 0.05) is 11.1 Å². The summed E-state index contributed by atoms with van der Waals surface area (Å²) in [5.74, 6) is -0.630. The Hall–Kier alpha value is -4.20. The number of methoxy groups -OCH3 is 2. The summed E-state index contributed by atoms with van der Waals surface area (Å²) in [5.41, 5.74) is 11.0. The van der Waals surface area contributed by atoms with Gasteiger partial charge in [0.05, 0.1) is 26.2 Å². The topological polar surface area (TPSA) is 132 Å². The molecule has 0 unspecified atom stereocenters. The van der Waals surface area contributed by atoms with Crippen LogP contribution in [0.25, 0.3) is 22.6 Å². The normalized spacial score (nSPS) is 11.9. The summed E-state index contributed by atoms with van der Waals surface area (Å²) in [6, 6.07) is 9.69. The Morgan fingerprint density at radius 3 is 2.39 bits per heavy atom. The zero-order chi connectivity index (χ0) is 24.3. The Kier molecular flexibility index (Phi) is 6.48. The molecule has 8 nitrogen and oxygen atoms in total. The average molecular weight is 461 g/mol. The van der Waals surface area contributed by atoms with Crippen molar-refractivity contribution in [3.63, 3.8) is 0 Å². The van der Waals surface area contributed by atoms with Crippen molar-refractivity contribution in [3.05, 3.63) is 47.2 Å². The van der Waals surface area contributed by atoms with Crippen LogP contribution in [0.15, 0.2) is 34.9 Å². The molecule has 0 aliphatic heterocycles. The zero-order valence-electron chi connectivity index (χ0n) is 17.5. The van der Waals surface area contributed by atoms with Crippen molar-refractivity contribution in [3.8, 4) is 40.1 Å². The molecule has 3 N–H and O–H groups in total. The fourth-order valence-electron chi connectivity index (χ4n) is 3.52. The predicted molar refractivity (Wildman–Crippen MR) is 111 cm³/mol. The third-order valence-corrected chi connectivity index (χ3v) is 4.96. The molecule has 4 rings (SSSR count). The lowest BCUT2D eigenvalue weighted by Crippen LogP contribution is -2.21. The van der Waals surface area contributed by atoms with Crippen LogP contribution in [0.2, 0.25) is 0 Å². The first-order chi connectivity index (χ1) is 15.6. The summed E-state index contributed by atoms with van der Waals surface area (Å²) in [6.45, 7) is 0. The summed E-state index contributed by atoms with van der Waals surface area (Å²) in [7, 11) is 3.22. The molecule has 0 radical (unpaired) electrons. The molecular weight excluding hydrogens is 443 g/mol. The molecule has 0 fully saturated rings. The molecule has 0 atom stereocenters. The van der Waals surface area contributed by atoms with Crippen molar-refractivity contribution in [2.45, 2.75) is 19.0 Å². The van der Waals surface area contributed by atoms with E-state index in [1.807, 2.05) is 18.2 Å². The summed E-state index contributed by atoms with van der Waals surface area (Å²) in [5, 5.41) is 16.7. The fraction of sp³-hybridized carbons (Fsp3) is 0.227. The number of halogens is 3. The van der Waals surface area contributed by atoms with Crippen molar-refractivity contribution < 1.29 is 37.0 Å². The second-order valence-corrected chi connectivity index (χ2v) is 6.83. The quantitative estimate of drug-likeness (QED) is 0.593. The van der Waals surface area contributed by atoms with E-state index in [-0.39, 0.29) is 5.82 Å². The number of carboxylic acid groups (broad SMARTS) is 1. The number of carbonyl (C=O) groups is 1. The summed E-state index contributed by atoms with van der Waals surface area (Å²) in [4.78, 5) is 13.4. The van der Waals surface area contributed by atoms with E-state index in [1.165, 1.54) is 0 Å².